The van der Waals surface area contributed by atoms with Gasteiger partial charge in [-0.3, -0.25) is 4.79 Å². The van der Waals surface area contributed by atoms with Crippen molar-refractivity contribution in [2.24, 2.45) is 0 Å². The van der Waals surface area contributed by atoms with Crippen LogP contribution >= 0.6 is 15.9 Å². The summed E-state index contributed by atoms with van der Waals surface area (Å²) in [5, 5.41) is 2.71. The minimum absolute atomic E-state index is 0.205. The van der Waals surface area contributed by atoms with E-state index in [1.807, 2.05) is 13.0 Å². The maximum Gasteiger partial charge on any atom is 0.573 e. The summed E-state index contributed by atoms with van der Waals surface area (Å²) < 4.78 is 40.8. The molecule has 2 aromatic rings. The molecule has 2 aromatic carbocycles. The second kappa shape index (κ2) is 7.04. The molecule has 0 spiro atoms. The molecule has 0 aliphatic heterocycles. The second-order valence-electron chi connectivity index (χ2n) is 4.89. The van der Waals surface area contributed by atoms with Crippen molar-refractivity contribution in [2.45, 2.75) is 19.8 Å². The SMILES string of the molecule is Cc1cc(Br)cc(C(=O)NCc2ccc(OC(F)(F)F)cc2)c1. The van der Waals surface area contributed by atoms with Gasteiger partial charge >= 0.3 is 6.36 Å². The molecule has 2 rings (SSSR count). The molecule has 122 valence electrons. The van der Waals surface area contributed by atoms with E-state index in [1.165, 1.54) is 24.3 Å². The van der Waals surface area contributed by atoms with Crippen LogP contribution in [0.1, 0.15) is 21.5 Å². The molecule has 1 N–H and O–H groups in total. The predicted octanol–water partition coefficient (Wildman–Crippen LogP) is 4.59. The number of amides is 1. The molecule has 3 nitrogen and oxygen atoms in total. The second-order valence-corrected chi connectivity index (χ2v) is 5.81. The van der Waals surface area contributed by atoms with E-state index in [-0.39, 0.29) is 18.2 Å². The number of rotatable bonds is 4. The van der Waals surface area contributed by atoms with Crippen LogP contribution in [0.2, 0.25) is 0 Å². The fourth-order valence-electron chi connectivity index (χ4n) is 1.96. The first-order valence-corrected chi connectivity index (χ1v) is 7.42. The van der Waals surface area contributed by atoms with Gasteiger partial charge in [0.1, 0.15) is 5.75 Å². The lowest BCUT2D eigenvalue weighted by Gasteiger charge is -2.10. The Morgan fingerprint density at radius 3 is 2.39 bits per heavy atom. The molecular formula is C16H13BrF3NO2. The Morgan fingerprint density at radius 1 is 1.17 bits per heavy atom. The van der Waals surface area contributed by atoms with Gasteiger partial charge in [-0.05, 0) is 48.4 Å². The molecule has 0 unspecified atom stereocenters. The summed E-state index contributed by atoms with van der Waals surface area (Å²) in [6.45, 7) is 2.08. The number of carbonyl (C=O) groups is 1. The fourth-order valence-corrected chi connectivity index (χ4v) is 2.57. The minimum Gasteiger partial charge on any atom is -0.406 e. The summed E-state index contributed by atoms with van der Waals surface area (Å²) in [6.07, 6.45) is -4.71. The van der Waals surface area contributed by atoms with Crippen molar-refractivity contribution in [3.8, 4) is 5.75 Å². The molecule has 0 saturated heterocycles. The highest BCUT2D eigenvalue weighted by atomic mass is 79.9. The number of hydrogen-bond donors (Lipinski definition) is 1. The number of carbonyl (C=O) groups excluding carboxylic acids is 1. The maximum atomic E-state index is 12.1. The third kappa shape index (κ3) is 5.59. The highest BCUT2D eigenvalue weighted by Crippen LogP contribution is 2.22. The molecule has 0 radical (unpaired) electrons. The third-order valence-electron chi connectivity index (χ3n) is 2.91. The third-order valence-corrected chi connectivity index (χ3v) is 3.37. The Kier molecular flexibility index (Phi) is 5.30. The molecule has 1 amide bonds. The van der Waals surface area contributed by atoms with E-state index in [2.05, 4.69) is 26.0 Å². The molecule has 0 aromatic heterocycles. The monoisotopic (exact) mass is 387 g/mol. The molecule has 7 heteroatoms. The Morgan fingerprint density at radius 2 is 1.83 bits per heavy atom. The van der Waals surface area contributed by atoms with E-state index in [0.717, 1.165) is 10.0 Å². The molecule has 0 fully saturated rings. The van der Waals surface area contributed by atoms with Gasteiger partial charge in [-0.25, -0.2) is 0 Å². The minimum atomic E-state index is -4.71. The normalized spacial score (nSPS) is 11.2. The van der Waals surface area contributed by atoms with Gasteiger partial charge in [0.25, 0.3) is 5.91 Å². The summed E-state index contributed by atoms with van der Waals surface area (Å²) in [6, 6.07) is 10.7. The molecule has 0 aliphatic rings. The fraction of sp³-hybridized carbons (Fsp3) is 0.188. The van der Waals surface area contributed by atoms with Crippen molar-refractivity contribution in [3.05, 3.63) is 63.6 Å². The number of aryl methyl sites for hydroxylation is 1. The zero-order chi connectivity index (χ0) is 17.0. The lowest BCUT2D eigenvalue weighted by Crippen LogP contribution is -2.23. The molecule has 23 heavy (non-hydrogen) atoms. The van der Waals surface area contributed by atoms with Crippen molar-refractivity contribution < 1.29 is 22.7 Å². The number of benzene rings is 2. The summed E-state index contributed by atoms with van der Waals surface area (Å²) in [4.78, 5) is 12.1. The van der Waals surface area contributed by atoms with Crippen LogP contribution in [0, 0.1) is 6.92 Å². The van der Waals surface area contributed by atoms with Crippen LogP contribution < -0.4 is 10.1 Å². The standard InChI is InChI=1S/C16H13BrF3NO2/c1-10-6-12(8-13(17)7-10)15(22)21-9-11-2-4-14(5-3-11)23-16(18,19)20/h2-8H,9H2,1H3,(H,21,22). The average Bonchev–Trinajstić information content (AvgIpc) is 2.43. The van der Waals surface area contributed by atoms with Gasteiger partial charge in [0, 0.05) is 16.6 Å². The number of nitrogens with one attached hydrogen (secondary N) is 1. The number of ether oxygens (including phenoxy) is 1. The zero-order valence-corrected chi connectivity index (χ0v) is 13.7. The Labute approximate surface area is 139 Å². The topological polar surface area (TPSA) is 38.3 Å². The van der Waals surface area contributed by atoms with Crippen LogP contribution in [-0.2, 0) is 6.54 Å². The van der Waals surface area contributed by atoms with Gasteiger partial charge in [0.15, 0.2) is 0 Å². The van der Waals surface area contributed by atoms with Crippen molar-refractivity contribution in [1.29, 1.82) is 0 Å². The summed E-state index contributed by atoms with van der Waals surface area (Å²) >= 11 is 3.32. The van der Waals surface area contributed by atoms with E-state index in [9.17, 15) is 18.0 Å². The van der Waals surface area contributed by atoms with Crippen LogP contribution in [0.4, 0.5) is 13.2 Å². The van der Waals surface area contributed by atoms with E-state index in [4.69, 9.17) is 0 Å². The van der Waals surface area contributed by atoms with Gasteiger partial charge in [-0.1, -0.05) is 28.1 Å². The molecule has 0 bridgehead atoms. The molecule has 0 aliphatic carbocycles. The highest BCUT2D eigenvalue weighted by molar-refractivity contribution is 9.10. The first-order chi connectivity index (χ1) is 10.7. The Bertz CT molecular complexity index is 679. The van der Waals surface area contributed by atoms with Gasteiger partial charge in [-0.2, -0.15) is 0 Å². The summed E-state index contributed by atoms with van der Waals surface area (Å²) in [7, 11) is 0. The van der Waals surface area contributed by atoms with Crippen LogP contribution in [0.3, 0.4) is 0 Å². The van der Waals surface area contributed by atoms with Crippen molar-refractivity contribution >= 4 is 21.8 Å². The smallest absolute Gasteiger partial charge is 0.406 e. The summed E-state index contributed by atoms with van der Waals surface area (Å²) in [5.74, 6) is -0.555. The molecular weight excluding hydrogens is 375 g/mol. The predicted molar refractivity (Wildman–Crippen MR) is 83.2 cm³/mol. The van der Waals surface area contributed by atoms with Gasteiger partial charge in [0.05, 0.1) is 0 Å². The van der Waals surface area contributed by atoms with Gasteiger partial charge in [-0.15, -0.1) is 13.2 Å². The Hall–Kier alpha value is -2.02. The molecule has 0 atom stereocenters. The quantitative estimate of drug-likeness (QED) is 0.833. The largest absolute Gasteiger partial charge is 0.573 e. The van der Waals surface area contributed by atoms with Crippen LogP contribution in [0.15, 0.2) is 46.9 Å². The van der Waals surface area contributed by atoms with E-state index >= 15 is 0 Å². The van der Waals surface area contributed by atoms with E-state index in [0.29, 0.717) is 11.1 Å². The first kappa shape index (κ1) is 17.3. The van der Waals surface area contributed by atoms with Crippen molar-refractivity contribution in [1.82, 2.24) is 5.32 Å². The van der Waals surface area contributed by atoms with Crippen LogP contribution in [-0.4, -0.2) is 12.3 Å². The van der Waals surface area contributed by atoms with Crippen LogP contribution in [0.25, 0.3) is 0 Å². The van der Waals surface area contributed by atoms with E-state index in [1.54, 1.807) is 12.1 Å². The number of hydrogen-bond acceptors (Lipinski definition) is 2. The summed E-state index contributed by atoms with van der Waals surface area (Å²) in [5.41, 5.74) is 2.12. The van der Waals surface area contributed by atoms with Gasteiger partial charge in [0.2, 0.25) is 0 Å². The molecule has 0 heterocycles. The number of alkyl halides is 3. The van der Waals surface area contributed by atoms with Crippen LogP contribution in [0.5, 0.6) is 5.75 Å². The maximum absolute atomic E-state index is 12.1. The average molecular weight is 388 g/mol. The van der Waals surface area contributed by atoms with E-state index < -0.39 is 6.36 Å². The van der Waals surface area contributed by atoms with Crippen molar-refractivity contribution in [2.75, 3.05) is 0 Å². The van der Waals surface area contributed by atoms with Crippen molar-refractivity contribution in [3.63, 3.8) is 0 Å². The Balaban J connectivity index is 1.96. The first-order valence-electron chi connectivity index (χ1n) is 6.63. The highest BCUT2D eigenvalue weighted by Gasteiger charge is 2.30. The van der Waals surface area contributed by atoms with Gasteiger partial charge < -0.3 is 10.1 Å². The molecule has 0 saturated carbocycles. The zero-order valence-electron chi connectivity index (χ0n) is 12.1. The number of halogens is 4. The lowest BCUT2D eigenvalue weighted by molar-refractivity contribution is -0.274. The lowest BCUT2D eigenvalue weighted by atomic mass is 10.1.